The SMILES string of the molecule is NCCCCC(NC(=O)C(CCCN=C(N)N)NC(=O)C(N)Cc1ccc(O)cc1)C(=O)NC(CCCN=C(N)N)C(=O)O. The van der Waals surface area contributed by atoms with Gasteiger partial charge >= 0.3 is 5.97 Å². The van der Waals surface area contributed by atoms with Crippen molar-refractivity contribution in [1.82, 2.24) is 16.0 Å². The Morgan fingerprint density at radius 1 is 0.705 bits per heavy atom. The van der Waals surface area contributed by atoms with Crippen LogP contribution in [-0.4, -0.2) is 89.6 Å². The minimum Gasteiger partial charge on any atom is -0.508 e. The summed E-state index contributed by atoms with van der Waals surface area (Å²) in [6, 6.07) is 1.68. The Hall–Kier alpha value is -4.64. The van der Waals surface area contributed by atoms with E-state index in [4.69, 9.17) is 34.4 Å². The normalized spacial score (nSPS) is 13.4. The molecule has 0 fully saturated rings. The molecule has 0 bridgehead atoms. The highest BCUT2D eigenvalue weighted by atomic mass is 16.4. The molecular weight excluding hydrogens is 574 g/mol. The predicted octanol–water partition coefficient (Wildman–Crippen LogP) is -2.96. The van der Waals surface area contributed by atoms with Crippen molar-refractivity contribution in [3.05, 3.63) is 29.8 Å². The fourth-order valence-electron chi connectivity index (χ4n) is 4.10. The highest BCUT2D eigenvalue weighted by molar-refractivity contribution is 5.94. The van der Waals surface area contributed by atoms with E-state index in [1.54, 1.807) is 12.1 Å². The average Bonchev–Trinajstić information content (AvgIpc) is 2.96. The van der Waals surface area contributed by atoms with Crippen LogP contribution in [0.25, 0.3) is 0 Å². The molecule has 0 saturated carbocycles. The van der Waals surface area contributed by atoms with Gasteiger partial charge in [0.05, 0.1) is 6.04 Å². The molecular formula is C27H47N11O6. The van der Waals surface area contributed by atoms with Gasteiger partial charge in [-0.05, 0) is 75.6 Å². The molecule has 44 heavy (non-hydrogen) atoms. The van der Waals surface area contributed by atoms with Crippen LogP contribution in [0.3, 0.4) is 0 Å². The summed E-state index contributed by atoms with van der Waals surface area (Å²) in [7, 11) is 0. The van der Waals surface area contributed by atoms with E-state index < -0.39 is 47.9 Å². The molecule has 0 saturated heterocycles. The van der Waals surface area contributed by atoms with Gasteiger partial charge in [-0.3, -0.25) is 24.4 Å². The lowest BCUT2D eigenvalue weighted by Gasteiger charge is -2.25. The van der Waals surface area contributed by atoms with Crippen molar-refractivity contribution in [1.29, 1.82) is 0 Å². The third-order valence-electron chi connectivity index (χ3n) is 6.45. The second-order valence-corrected chi connectivity index (χ2v) is 10.2. The average molecular weight is 622 g/mol. The number of phenols is 1. The first-order chi connectivity index (χ1) is 20.8. The van der Waals surface area contributed by atoms with E-state index in [-0.39, 0.29) is 62.9 Å². The van der Waals surface area contributed by atoms with Crippen molar-refractivity contribution in [2.45, 2.75) is 75.5 Å². The first-order valence-corrected chi connectivity index (χ1v) is 14.3. The predicted molar refractivity (Wildman–Crippen MR) is 166 cm³/mol. The largest absolute Gasteiger partial charge is 0.508 e. The van der Waals surface area contributed by atoms with Gasteiger partial charge in [-0.1, -0.05) is 12.1 Å². The molecule has 0 aliphatic heterocycles. The van der Waals surface area contributed by atoms with Crippen LogP contribution in [0.4, 0.5) is 0 Å². The van der Waals surface area contributed by atoms with Gasteiger partial charge in [0.2, 0.25) is 17.7 Å². The van der Waals surface area contributed by atoms with Crippen LogP contribution >= 0.6 is 0 Å². The Balaban J connectivity index is 3.04. The first-order valence-electron chi connectivity index (χ1n) is 14.3. The Kier molecular flexibility index (Phi) is 17.2. The van der Waals surface area contributed by atoms with Gasteiger partial charge in [0.15, 0.2) is 11.9 Å². The van der Waals surface area contributed by atoms with Gasteiger partial charge in [-0.15, -0.1) is 0 Å². The monoisotopic (exact) mass is 621 g/mol. The van der Waals surface area contributed by atoms with Gasteiger partial charge in [-0.25, -0.2) is 4.79 Å². The van der Waals surface area contributed by atoms with E-state index in [2.05, 4.69) is 25.9 Å². The number of hydrogen-bond acceptors (Lipinski definition) is 9. The number of aromatic hydroxyl groups is 1. The number of carbonyl (C=O) groups is 4. The summed E-state index contributed by atoms with van der Waals surface area (Å²) < 4.78 is 0. The van der Waals surface area contributed by atoms with Crippen LogP contribution in [0.1, 0.15) is 50.5 Å². The molecule has 0 aliphatic rings. The number of aliphatic carboxylic acids is 1. The number of rotatable bonds is 21. The van der Waals surface area contributed by atoms with Crippen LogP contribution in [0.5, 0.6) is 5.75 Å². The van der Waals surface area contributed by atoms with E-state index in [9.17, 15) is 29.4 Å². The van der Waals surface area contributed by atoms with Crippen LogP contribution in [0, 0.1) is 0 Å². The highest BCUT2D eigenvalue weighted by Crippen LogP contribution is 2.12. The van der Waals surface area contributed by atoms with E-state index in [0.717, 1.165) is 0 Å². The number of guanidine groups is 2. The minimum atomic E-state index is -1.26. The number of carbonyl (C=O) groups excluding carboxylic acids is 3. The van der Waals surface area contributed by atoms with E-state index >= 15 is 0 Å². The number of nitrogens with one attached hydrogen (secondary N) is 3. The third kappa shape index (κ3) is 15.5. The molecule has 0 heterocycles. The smallest absolute Gasteiger partial charge is 0.326 e. The maximum absolute atomic E-state index is 13.4. The summed E-state index contributed by atoms with van der Waals surface area (Å²) in [5.74, 6) is -3.46. The van der Waals surface area contributed by atoms with Gasteiger partial charge < -0.3 is 60.6 Å². The van der Waals surface area contributed by atoms with Gasteiger partial charge in [0, 0.05) is 13.1 Å². The number of carboxylic acid groups (broad SMARTS) is 1. The van der Waals surface area contributed by atoms with E-state index in [0.29, 0.717) is 31.4 Å². The minimum absolute atomic E-state index is 0.0454. The van der Waals surface area contributed by atoms with E-state index in [1.807, 2.05) is 0 Å². The molecule has 4 atom stereocenters. The quantitative estimate of drug-likeness (QED) is 0.0372. The molecule has 17 N–H and O–H groups in total. The van der Waals surface area contributed by atoms with Crippen molar-refractivity contribution in [2.24, 2.45) is 44.4 Å². The zero-order valence-electron chi connectivity index (χ0n) is 24.8. The maximum Gasteiger partial charge on any atom is 0.326 e. The zero-order valence-corrected chi connectivity index (χ0v) is 24.8. The summed E-state index contributed by atoms with van der Waals surface area (Å²) in [5, 5.41) is 26.8. The van der Waals surface area contributed by atoms with Crippen LogP contribution in [-0.2, 0) is 25.6 Å². The maximum atomic E-state index is 13.4. The molecule has 4 unspecified atom stereocenters. The Morgan fingerprint density at radius 3 is 1.64 bits per heavy atom. The Labute approximate surface area is 256 Å². The Morgan fingerprint density at radius 2 is 1.16 bits per heavy atom. The van der Waals surface area contributed by atoms with Gasteiger partial charge in [0.1, 0.15) is 23.9 Å². The number of carboxylic acids is 1. The highest BCUT2D eigenvalue weighted by Gasteiger charge is 2.30. The van der Waals surface area contributed by atoms with Crippen LogP contribution in [0.2, 0.25) is 0 Å². The molecule has 0 aromatic heterocycles. The first kappa shape index (κ1) is 37.4. The standard InChI is InChI=1S/C27H47N11O6/c28-12-2-1-5-19(24(42)38-21(25(43)44)7-4-14-35-27(32)33)37-23(41)20(6-3-13-34-26(30)31)36-22(40)18(29)15-16-8-10-17(39)11-9-16/h8-11,18-21,39H,1-7,12-15,28-29H2,(H,36,40)(H,37,41)(H,38,42)(H,43,44)(H4,30,31,34)(H4,32,33,35). The summed E-state index contributed by atoms with van der Waals surface area (Å²) >= 11 is 0. The number of nitrogens with two attached hydrogens (primary N) is 6. The van der Waals surface area contributed by atoms with Crippen LogP contribution in [0.15, 0.2) is 34.3 Å². The summed E-state index contributed by atoms with van der Waals surface area (Å²) in [6.45, 7) is 0.712. The molecule has 1 aromatic rings. The third-order valence-corrected chi connectivity index (χ3v) is 6.45. The lowest BCUT2D eigenvalue weighted by Crippen LogP contribution is -2.57. The lowest BCUT2D eigenvalue weighted by atomic mass is 10.0. The summed E-state index contributed by atoms with van der Waals surface area (Å²) in [6.07, 6.45) is 2.09. The van der Waals surface area contributed by atoms with Crippen molar-refractivity contribution in [3.8, 4) is 5.75 Å². The fourth-order valence-corrected chi connectivity index (χ4v) is 4.10. The van der Waals surface area contributed by atoms with Crippen molar-refractivity contribution in [3.63, 3.8) is 0 Å². The molecule has 17 nitrogen and oxygen atoms in total. The number of nitrogens with zero attached hydrogens (tertiary/aromatic N) is 2. The molecule has 17 heteroatoms. The molecule has 246 valence electrons. The number of amides is 3. The second kappa shape index (κ2) is 20.3. The number of benzene rings is 1. The summed E-state index contributed by atoms with van der Waals surface area (Å²) in [5.41, 5.74) is 33.7. The van der Waals surface area contributed by atoms with Gasteiger partial charge in [0.25, 0.3) is 0 Å². The summed E-state index contributed by atoms with van der Waals surface area (Å²) in [4.78, 5) is 59.1. The molecule has 1 aromatic carbocycles. The van der Waals surface area contributed by atoms with E-state index in [1.165, 1.54) is 12.1 Å². The molecule has 0 spiro atoms. The molecule has 1 rings (SSSR count). The lowest BCUT2D eigenvalue weighted by molar-refractivity contribution is -0.142. The number of unbranched alkanes of at least 4 members (excludes halogenated alkanes) is 1. The van der Waals surface area contributed by atoms with Crippen molar-refractivity contribution < 1.29 is 29.4 Å². The van der Waals surface area contributed by atoms with Crippen molar-refractivity contribution in [2.75, 3.05) is 19.6 Å². The van der Waals surface area contributed by atoms with Crippen LogP contribution < -0.4 is 50.4 Å². The number of phenolic OH excluding ortho intramolecular Hbond substituents is 1. The van der Waals surface area contributed by atoms with Crippen molar-refractivity contribution >= 4 is 35.6 Å². The zero-order chi connectivity index (χ0) is 33.1. The topological polar surface area (TPSA) is 326 Å². The number of hydrogen-bond donors (Lipinski definition) is 11. The van der Waals surface area contributed by atoms with Gasteiger partial charge in [-0.2, -0.15) is 0 Å². The fraction of sp³-hybridized carbons (Fsp3) is 0.556. The Bertz CT molecular complexity index is 1120. The molecule has 0 radical (unpaired) electrons. The molecule has 3 amide bonds. The molecule has 0 aliphatic carbocycles. The second-order valence-electron chi connectivity index (χ2n) is 10.2. The number of aliphatic imine (C=N–C) groups is 2.